The quantitative estimate of drug-likeness (QED) is 0.658. The van der Waals surface area contributed by atoms with E-state index < -0.39 is 0 Å². The van der Waals surface area contributed by atoms with Crippen molar-refractivity contribution in [3.05, 3.63) is 12.2 Å². The molecular formula is C14H25N. The van der Waals surface area contributed by atoms with Gasteiger partial charge in [-0.15, -0.1) is 6.58 Å². The molecule has 0 spiro atoms. The molecule has 1 heteroatoms. The molecule has 2 saturated carbocycles. The third-order valence-electron chi connectivity index (χ3n) is 4.16. The van der Waals surface area contributed by atoms with Crippen LogP contribution in [0.15, 0.2) is 12.2 Å². The smallest absolute Gasteiger partial charge is 0.0138 e. The molecule has 1 nitrogen and oxygen atoms in total. The zero-order valence-corrected chi connectivity index (χ0v) is 10.3. The Morgan fingerprint density at radius 1 is 1.40 bits per heavy atom. The third-order valence-corrected chi connectivity index (χ3v) is 4.16. The summed E-state index contributed by atoms with van der Waals surface area (Å²) >= 11 is 0. The van der Waals surface area contributed by atoms with Crippen LogP contribution in [0.2, 0.25) is 0 Å². The molecule has 0 aromatic heterocycles. The number of rotatable bonds is 6. The van der Waals surface area contributed by atoms with Crippen molar-refractivity contribution < 1.29 is 0 Å². The van der Waals surface area contributed by atoms with E-state index in [1.165, 1.54) is 44.2 Å². The number of fused-ring (bicyclic) bond motifs is 1. The second-order valence-electron chi connectivity index (χ2n) is 5.56. The van der Waals surface area contributed by atoms with Crippen LogP contribution in [-0.4, -0.2) is 12.6 Å². The Bertz CT molecular complexity index is 223. The molecule has 0 aromatic rings. The molecule has 2 fully saturated rings. The van der Waals surface area contributed by atoms with Crippen LogP contribution in [0.4, 0.5) is 0 Å². The van der Waals surface area contributed by atoms with E-state index in [9.17, 15) is 0 Å². The largest absolute Gasteiger partial charge is 0.313 e. The molecule has 86 valence electrons. The van der Waals surface area contributed by atoms with E-state index in [-0.39, 0.29) is 0 Å². The lowest BCUT2D eigenvalue weighted by Gasteiger charge is -2.20. The van der Waals surface area contributed by atoms with Gasteiger partial charge in [0.05, 0.1) is 0 Å². The summed E-state index contributed by atoms with van der Waals surface area (Å²) in [4.78, 5) is 0. The Morgan fingerprint density at radius 3 is 2.60 bits per heavy atom. The first-order valence-corrected chi connectivity index (χ1v) is 6.61. The number of nitrogens with one attached hydrogen (secondary N) is 1. The second kappa shape index (κ2) is 4.69. The fourth-order valence-electron chi connectivity index (χ4n) is 3.52. The van der Waals surface area contributed by atoms with Gasteiger partial charge in [-0.2, -0.15) is 0 Å². The molecule has 15 heavy (non-hydrogen) atoms. The Labute approximate surface area is 94.3 Å². The predicted molar refractivity (Wildman–Crippen MR) is 65.8 cm³/mol. The van der Waals surface area contributed by atoms with Gasteiger partial charge < -0.3 is 5.32 Å². The van der Waals surface area contributed by atoms with Crippen LogP contribution in [-0.2, 0) is 0 Å². The summed E-state index contributed by atoms with van der Waals surface area (Å²) in [5, 5.41) is 3.73. The van der Waals surface area contributed by atoms with Gasteiger partial charge in [-0.1, -0.05) is 18.9 Å². The van der Waals surface area contributed by atoms with E-state index in [0.717, 1.165) is 23.8 Å². The molecule has 0 bridgehead atoms. The van der Waals surface area contributed by atoms with E-state index >= 15 is 0 Å². The fourth-order valence-corrected chi connectivity index (χ4v) is 3.52. The molecule has 0 radical (unpaired) electrons. The van der Waals surface area contributed by atoms with Gasteiger partial charge in [0, 0.05) is 6.04 Å². The van der Waals surface area contributed by atoms with Crippen LogP contribution >= 0.6 is 0 Å². The lowest BCUT2D eigenvalue weighted by atomic mass is 9.98. The normalized spacial score (nSPS) is 34.9. The Balaban J connectivity index is 1.85. The maximum absolute atomic E-state index is 4.07. The SMILES string of the molecule is C=C(C)CC(NCCC)C1C2CCCC21. The molecule has 2 aliphatic rings. The molecule has 3 unspecified atom stereocenters. The highest BCUT2D eigenvalue weighted by molar-refractivity contribution is 5.09. The van der Waals surface area contributed by atoms with Crippen LogP contribution in [0.3, 0.4) is 0 Å². The minimum Gasteiger partial charge on any atom is -0.313 e. The van der Waals surface area contributed by atoms with E-state index in [2.05, 4.69) is 25.7 Å². The molecule has 2 aliphatic carbocycles. The highest BCUT2D eigenvalue weighted by atomic mass is 14.9. The number of hydrogen-bond donors (Lipinski definition) is 1. The van der Waals surface area contributed by atoms with Crippen molar-refractivity contribution in [1.82, 2.24) is 5.32 Å². The number of hydrogen-bond acceptors (Lipinski definition) is 1. The molecular weight excluding hydrogens is 182 g/mol. The van der Waals surface area contributed by atoms with E-state index in [1.807, 2.05) is 0 Å². The summed E-state index contributed by atoms with van der Waals surface area (Å²) in [6.07, 6.45) is 6.91. The summed E-state index contributed by atoms with van der Waals surface area (Å²) in [6, 6.07) is 0.734. The van der Waals surface area contributed by atoms with Crippen molar-refractivity contribution in [3.8, 4) is 0 Å². The van der Waals surface area contributed by atoms with Gasteiger partial charge in [0.25, 0.3) is 0 Å². The van der Waals surface area contributed by atoms with Crippen LogP contribution < -0.4 is 5.32 Å². The lowest BCUT2D eigenvalue weighted by molar-refractivity contribution is 0.403. The maximum atomic E-state index is 4.07. The van der Waals surface area contributed by atoms with Crippen molar-refractivity contribution >= 4 is 0 Å². The highest BCUT2D eigenvalue weighted by Gasteiger charge is 2.55. The lowest BCUT2D eigenvalue weighted by Crippen LogP contribution is -2.33. The Kier molecular flexibility index (Phi) is 3.50. The first kappa shape index (κ1) is 11.2. The van der Waals surface area contributed by atoms with Gasteiger partial charge in [-0.05, 0) is 56.9 Å². The first-order valence-electron chi connectivity index (χ1n) is 6.61. The van der Waals surface area contributed by atoms with Crippen LogP contribution in [0.5, 0.6) is 0 Å². The monoisotopic (exact) mass is 207 g/mol. The second-order valence-corrected chi connectivity index (χ2v) is 5.56. The first-order chi connectivity index (χ1) is 7.24. The minimum absolute atomic E-state index is 0.734. The van der Waals surface area contributed by atoms with Crippen LogP contribution in [0.25, 0.3) is 0 Å². The van der Waals surface area contributed by atoms with E-state index in [0.29, 0.717) is 0 Å². The van der Waals surface area contributed by atoms with Crippen LogP contribution in [0, 0.1) is 17.8 Å². The molecule has 0 heterocycles. The Morgan fingerprint density at radius 2 is 2.07 bits per heavy atom. The minimum atomic E-state index is 0.734. The summed E-state index contributed by atoms with van der Waals surface area (Å²) in [7, 11) is 0. The van der Waals surface area contributed by atoms with Crippen molar-refractivity contribution in [3.63, 3.8) is 0 Å². The fraction of sp³-hybridized carbons (Fsp3) is 0.857. The zero-order chi connectivity index (χ0) is 10.8. The van der Waals surface area contributed by atoms with Gasteiger partial charge >= 0.3 is 0 Å². The van der Waals surface area contributed by atoms with Crippen molar-refractivity contribution in [2.45, 2.75) is 52.0 Å². The summed E-state index contributed by atoms with van der Waals surface area (Å²) in [5.74, 6) is 3.12. The zero-order valence-electron chi connectivity index (χ0n) is 10.3. The molecule has 3 atom stereocenters. The van der Waals surface area contributed by atoms with Gasteiger partial charge in [0.15, 0.2) is 0 Å². The maximum Gasteiger partial charge on any atom is 0.0138 e. The van der Waals surface area contributed by atoms with Gasteiger partial charge in [-0.25, -0.2) is 0 Å². The summed E-state index contributed by atoms with van der Waals surface area (Å²) < 4.78 is 0. The summed E-state index contributed by atoms with van der Waals surface area (Å²) in [5.41, 5.74) is 1.34. The molecule has 1 N–H and O–H groups in total. The topological polar surface area (TPSA) is 12.0 Å². The predicted octanol–water partition coefficient (Wildman–Crippen LogP) is 3.37. The molecule has 0 aromatic carbocycles. The van der Waals surface area contributed by atoms with Gasteiger partial charge in [0.2, 0.25) is 0 Å². The average molecular weight is 207 g/mol. The van der Waals surface area contributed by atoms with Gasteiger partial charge in [0.1, 0.15) is 0 Å². The van der Waals surface area contributed by atoms with Gasteiger partial charge in [-0.3, -0.25) is 0 Å². The summed E-state index contributed by atoms with van der Waals surface area (Å²) in [6.45, 7) is 9.66. The van der Waals surface area contributed by atoms with Crippen molar-refractivity contribution in [1.29, 1.82) is 0 Å². The van der Waals surface area contributed by atoms with E-state index in [4.69, 9.17) is 0 Å². The Hall–Kier alpha value is -0.300. The molecule has 2 rings (SSSR count). The highest BCUT2D eigenvalue weighted by Crippen LogP contribution is 2.59. The van der Waals surface area contributed by atoms with Crippen molar-refractivity contribution in [2.75, 3.05) is 6.54 Å². The van der Waals surface area contributed by atoms with Crippen LogP contribution in [0.1, 0.15) is 46.0 Å². The van der Waals surface area contributed by atoms with Crippen molar-refractivity contribution in [2.24, 2.45) is 17.8 Å². The molecule has 0 amide bonds. The average Bonchev–Trinajstić information content (AvgIpc) is 2.67. The van der Waals surface area contributed by atoms with E-state index in [1.54, 1.807) is 0 Å². The molecule has 0 saturated heterocycles. The third kappa shape index (κ3) is 2.44. The molecule has 0 aliphatic heterocycles. The standard InChI is InChI=1S/C14H25N/c1-4-8-15-13(9-10(2)3)14-11-6-5-7-12(11)14/h11-15H,2,4-9H2,1,3H3.